The second-order valence-corrected chi connectivity index (χ2v) is 6.17. The normalized spacial score (nSPS) is 11.2. The Kier molecular flexibility index (Phi) is 5.75. The van der Waals surface area contributed by atoms with E-state index in [1.165, 1.54) is 0 Å². The van der Waals surface area contributed by atoms with Gasteiger partial charge in [-0.1, -0.05) is 24.3 Å². The van der Waals surface area contributed by atoms with Crippen LogP contribution >= 0.6 is 0 Å². The van der Waals surface area contributed by atoms with Crippen LogP contribution in [0.3, 0.4) is 0 Å². The van der Waals surface area contributed by atoms with Gasteiger partial charge >= 0.3 is 6.09 Å². The molecule has 0 aliphatic heterocycles. The molecule has 0 atom stereocenters. The van der Waals surface area contributed by atoms with E-state index in [-0.39, 0.29) is 6.61 Å². The number of nitrogens with one attached hydrogen (secondary N) is 1. The van der Waals surface area contributed by atoms with Crippen molar-refractivity contribution in [3.05, 3.63) is 35.7 Å². The molecule has 128 valence electrons. The maximum atomic E-state index is 11.6. The van der Waals surface area contributed by atoms with Gasteiger partial charge in [-0.25, -0.2) is 4.79 Å². The molecule has 1 heterocycles. The summed E-state index contributed by atoms with van der Waals surface area (Å²) < 4.78 is 5.18. The molecule has 0 aliphatic rings. The molecule has 0 spiro atoms. The second-order valence-electron chi connectivity index (χ2n) is 6.17. The van der Waals surface area contributed by atoms with Gasteiger partial charge in [0.15, 0.2) is 5.82 Å². The van der Waals surface area contributed by atoms with E-state index < -0.39 is 11.7 Å². The van der Waals surface area contributed by atoms with Crippen LogP contribution in [0.15, 0.2) is 24.3 Å². The fourth-order valence-electron chi connectivity index (χ4n) is 1.83. The van der Waals surface area contributed by atoms with E-state index in [2.05, 4.69) is 25.7 Å². The molecule has 0 bridgehead atoms. The second kappa shape index (κ2) is 7.78. The fraction of sp³-hybridized carbons (Fsp3) is 0.438. The molecule has 1 aromatic carbocycles. The highest BCUT2D eigenvalue weighted by atomic mass is 16.6. The van der Waals surface area contributed by atoms with Crippen LogP contribution in [0.1, 0.15) is 32.2 Å². The summed E-state index contributed by atoms with van der Waals surface area (Å²) in [6, 6.07) is 7.38. The van der Waals surface area contributed by atoms with Crippen molar-refractivity contribution >= 4 is 6.09 Å². The summed E-state index contributed by atoms with van der Waals surface area (Å²) >= 11 is 0. The smallest absolute Gasteiger partial charge is 0.407 e. The lowest BCUT2D eigenvalue weighted by Crippen LogP contribution is -2.32. The van der Waals surface area contributed by atoms with E-state index in [1.807, 2.05) is 45.0 Å². The molecule has 24 heavy (non-hydrogen) atoms. The van der Waals surface area contributed by atoms with Crippen molar-refractivity contribution < 1.29 is 14.6 Å². The quantitative estimate of drug-likeness (QED) is 0.854. The number of aromatic nitrogens is 4. The van der Waals surface area contributed by atoms with Crippen LogP contribution in [0, 0.1) is 0 Å². The molecule has 2 rings (SSSR count). The minimum Gasteiger partial charge on any atom is -0.444 e. The van der Waals surface area contributed by atoms with Crippen molar-refractivity contribution in [2.45, 2.75) is 39.3 Å². The fourth-order valence-corrected chi connectivity index (χ4v) is 1.83. The highest BCUT2D eigenvalue weighted by Gasteiger charge is 2.15. The Morgan fingerprint density at radius 2 is 1.75 bits per heavy atom. The summed E-state index contributed by atoms with van der Waals surface area (Å²) in [5.41, 5.74) is 1.17. The molecular weight excluding hydrogens is 310 g/mol. The van der Waals surface area contributed by atoms with Gasteiger partial charge in [-0.3, -0.25) is 0 Å². The number of rotatable bonds is 5. The zero-order chi connectivity index (χ0) is 17.6. The third-order valence-corrected chi connectivity index (χ3v) is 2.90. The van der Waals surface area contributed by atoms with Crippen LogP contribution in [0.5, 0.6) is 0 Å². The lowest BCUT2D eigenvalue weighted by Gasteiger charge is -2.19. The van der Waals surface area contributed by atoms with Crippen LogP contribution in [0.25, 0.3) is 11.4 Å². The number of carbonyl (C=O) groups excluding carboxylic acids is 1. The van der Waals surface area contributed by atoms with Gasteiger partial charge in [0.2, 0.25) is 5.82 Å². The van der Waals surface area contributed by atoms with Crippen LogP contribution < -0.4 is 5.32 Å². The van der Waals surface area contributed by atoms with Crippen molar-refractivity contribution in [2.24, 2.45) is 0 Å². The summed E-state index contributed by atoms with van der Waals surface area (Å²) in [5.74, 6) is 0.808. The first-order valence-electron chi connectivity index (χ1n) is 7.61. The topological polar surface area (TPSA) is 110 Å². The van der Waals surface area contributed by atoms with E-state index in [4.69, 9.17) is 9.84 Å². The van der Waals surface area contributed by atoms with Gasteiger partial charge in [-0.15, -0.1) is 20.4 Å². The van der Waals surface area contributed by atoms with Gasteiger partial charge in [0.1, 0.15) is 5.60 Å². The third kappa shape index (κ3) is 5.54. The number of aliphatic hydroxyl groups is 1. The van der Waals surface area contributed by atoms with Crippen molar-refractivity contribution in [2.75, 3.05) is 6.61 Å². The van der Waals surface area contributed by atoms with Crippen LogP contribution in [-0.4, -0.2) is 43.8 Å². The molecule has 2 aromatic rings. The Morgan fingerprint density at radius 3 is 2.29 bits per heavy atom. The number of nitrogens with zero attached hydrogens (tertiary/aromatic N) is 4. The summed E-state index contributed by atoms with van der Waals surface area (Å²) in [6.45, 7) is 5.77. The molecule has 0 aliphatic carbocycles. The number of hydrogen-bond acceptors (Lipinski definition) is 7. The van der Waals surface area contributed by atoms with Gasteiger partial charge in [0.25, 0.3) is 0 Å². The Bertz CT molecular complexity index is 666. The molecular formula is C16H21N5O3. The summed E-state index contributed by atoms with van der Waals surface area (Å²) in [7, 11) is 0. The number of aliphatic hydroxyl groups excluding tert-OH is 1. The van der Waals surface area contributed by atoms with E-state index in [0.29, 0.717) is 24.6 Å². The maximum absolute atomic E-state index is 11.6. The number of benzene rings is 1. The molecule has 0 saturated heterocycles. The molecule has 8 nitrogen and oxygen atoms in total. The Balaban J connectivity index is 1.94. The molecule has 0 unspecified atom stereocenters. The predicted molar refractivity (Wildman–Crippen MR) is 86.9 cm³/mol. The summed E-state index contributed by atoms with van der Waals surface area (Å²) in [4.78, 5) is 11.6. The van der Waals surface area contributed by atoms with Crippen molar-refractivity contribution in [1.29, 1.82) is 0 Å². The zero-order valence-electron chi connectivity index (χ0n) is 14.0. The Hall–Kier alpha value is -2.61. The Labute approximate surface area is 140 Å². The van der Waals surface area contributed by atoms with Crippen LogP contribution in [0.2, 0.25) is 0 Å². The molecule has 1 amide bonds. The van der Waals surface area contributed by atoms with Gasteiger partial charge in [-0.05, 0) is 26.3 Å². The Morgan fingerprint density at radius 1 is 1.12 bits per heavy atom. The van der Waals surface area contributed by atoms with Gasteiger partial charge in [0, 0.05) is 18.5 Å². The average Bonchev–Trinajstić information content (AvgIpc) is 2.53. The van der Waals surface area contributed by atoms with E-state index in [1.54, 1.807) is 0 Å². The van der Waals surface area contributed by atoms with Gasteiger partial charge < -0.3 is 15.2 Å². The minimum atomic E-state index is -0.520. The molecule has 1 aromatic heterocycles. The molecule has 2 N–H and O–H groups in total. The summed E-state index contributed by atoms with van der Waals surface area (Å²) in [5, 5.41) is 27.3. The van der Waals surface area contributed by atoms with Crippen LogP contribution in [-0.2, 0) is 17.7 Å². The first kappa shape index (κ1) is 17.7. The van der Waals surface area contributed by atoms with Gasteiger partial charge in [-0.2, -0.15) is 0 Å². The zero-order valence-corrected chi connectivity index (χ0v) is 14.0. The molecule has 8 heteroatoms. The van der Waals surface area contributed by atoms with E-state index >= 15 is 0 Å². The first-order valence-corrected chi connectivity index (χ1v) is 7.61. The van der Waals surface area contributed by atoms with E-state index in [9.17, 15) is 4.79 Å². The average molecular weight is 331 g/mol. The lowest BCUT2D eigenvalue weighted by atomic mass is 10.1. The number of ether oxygens (including phenoxy) is 1. The number of hydrogen-bond donors (Lipinski definition) is 2. The van der Waals surface area contributed by atoms with Crippen molar-refractivity contribution in [1.82, 2.24) is 25.7 Å². The largest absolute Gasteiger partial charge is 0.444 e. The minimum absolute atomic E-state index is 0.0396. The predicted octanol–water partition coefficient (Wildman–Crippen LogP) is 1.49. The van der Waals surface area contributed by atoms with Gasteiger partial charge in [0.05, 0.1) is 6.61 Å². The third-order valence-electron chi connectivity index (χ3n) is 2.90. The highest BCUT2D eigenvalue weighted by Crippen LogP contribution is 2.14. The maximum Gasteiger partial charge on any atom is 0.407 e. The van der Waals surface area contributed by atoms with E-state index in [0.717, 1.165) is 11.1 Å². The highest BCUT2D eigenvalue weighted by molar-refractivity contribution is 5.67. The number of carbonyl (C=O) groups is 1. The molecule has 0 fully saturated rings. The number of alkyl carbamates (subject to hydrolysis) is 1. The van der Waals surface area contributed by atoms with Crippen LogP contribution in [0.4, 0.5) is 4.79 Å². The molecule has 0 saturated carbocycles. The molecule has 0 radical (unpaired) electrons. The standard InChI is InChI=1S/C16H21N5O3/c1-16(2,3)24-15(23)17-10-11-4-6-12(7-5-11)14-20-18-13(8-9-22)19-21-14/h4-7,22H,8-10H2,1-3H3,(H,17,23). The monoisotopic (exact) mass is 331 g/mol. The first-order chi connectivity index (χ1) is 11.4. The summed E-state index contributed by atoms with van der Waals surface area (Å²) in [6.07, 6.45) is -0.127. The lowest BCUT2D eigenvalue weighted by molar-refractivity contribution is 0.0523. The SMILES string of the molecule is CC(C)(C)OC(=O)NCc1ccc(-c2nnc(CCO)nn2)cc1. The number of amides is 1. The van der Waals surface area contributed by atoms with Crippen molar-refractivity contribution in [3.63, 3.8) is 0 Å². The van der Waals surface area contributed by atoms with Crippen molar-refractivity contribution in [3.8, 4) is 11.4 Å².